The van der Waals surface area contributed by atoms with Crippen molar-refractivity contribution in [3.63, 3.8) is 0 Å². The average molecular weight is 235 g/mol. The van der Waals surface area contributed by atoms with Crippen molar-refractivity contribution >= 4 is 16.8 Å². The van der Waals surface area contributed by atoms with Gasteiger partial charge in [0.2, 0.25) is 0 Å². The Morgan fingerprint density at radius 2 is 2.06 bits per heavy atom. The van der Waals surface area contributed by atoms with Gasteiger partial charge in [-0.2, -0.15) is 0 Å². The summed E-state index contributed by atoms with van der Waals surface area (Å²) in [5.74, 6) is -0.822. The van der Waals surface area contributed by atoms with Crippen molar-refractivity contribution in [3.8, 4) is 0 Å². The molecule has 2 rings (SSSR count). The molecule has 0 aliphatic rings. The molecule has 1 atom stereocenters. The maximum Gasteiger partial charge on any atom is 0.182 e. The molecular formula is C13H14FNO2. The zero-order valence-electron chi connectivity index (χ0n) is 10.0. The third kappa shape index (κ3) is 1.96. The Labute approximate surface area is 98.8 Å². The Hall–Kier alpha value is -1.68. The summed E-state index contributed by atoms with van der Waals surface area (Å²) < 4.78 is 19.1. The number of ketones is 1. The van der Waals surface area contributed by atoms with Crippen molar-refractivity contribution in [2.24, 2.45) is 0 Å². The first-order chi connectivity index (χ1) is 8.02. The van der Waals surface area contributed by atoms with Crippen LogP contribution in [0.15, 0.2) is 28.9 Å². The lowest BCUT2D eigenvalue weighted by molar-refractivity contribution is 0.0886. The van der Waals surface area contributed by atoms with E-state index < -0.39 is 5.82 Å². The standard InChI is InChI=1S/C13H14FNO2/c1-8(15(2)3)12(16)10-5-4-9-6-7-17-13(9)11(10)14/h4-8H,1-3H3. The molecule has 17 heavy (non-hydrogen) atoms. The summed E-state index contributed by atoms with van der Waals surface area (Å²) in [6.07, 6.45) is 1.41. The zero-order chi connectivity index (χ0) is 12.6. The van der Waals surface area contributed by atoms with Gasteiger partial charge in [-0.15, -0.1) is 0 Å². The number of Topliss-reactive ketones (excluding diaryl/α,β-unsaturated/α-hetero) is 1. The summed E-state index contributed by atoms with van der Waals surface area (Å²) in [5.41, 5.74) is 0.218. The van der Waals surface area contributed by atoms with E-state index >= 15 is 0 Å². The predicted octanol–water partition coefficient (Wildman–Crippen LogP) is 2.70. The molecule has 1 heterocycles. The first-order valence-corrected chi connectivity index (χ1v) is 5.38. The fourth-order valence-electron chi connectivity index (χ4n) is 1.65. The van der Waals surface area contributed by atoms with Crippen LogP contribution >= 0.6 is 0 Å². The van der Waals surface area contributed by atoms with E-state index in [1.807, 2.05) is 0 Å². The van der Waals surface area contributed by atoms with Crippen LogP contribution in [0.3, 0.4) is 0 Å². The second kappa shape index (κ2) is 4.30. The smallest absolute Gasteiger partial charge is 0.182 e. The summed E-state index contributed by atoms with van der Waals surface area (Å²) in [4.78, 5) is 13.8. The van der Waals surface area contributed by atoms with Gasteiger partial charge < -0.3 is 4.42 Å². The number of nitrogens with zero attached hydrogens (tertiary/aromatic N) is 1. The minimum Gasteiger partial charge on any atom is -0.461 e. The highest BCUT2D eigenvalue weighted by Crippen LogP contribution is 2.23. The van der Waals surface area contributed by atoms with Crippen molar-refractivity contribution in [2.45, 2.75) is 13.0 Å². The lowest BCUT2D eigenvalue weighted by atomic mass is 10.0. The molecule has 0 spiro atoms. The number of benzene rings is 1. The van der Waals surface area contributed by atoms with Crippen molar-refractivity contribution < 1.29 is 13.6 Å². The first kappa shape index (κ1) is 11.8. The molecule has 3 nitrogen and oxygen atoms in total. The van der Waals surface area contributed by atoms with Gasteiger partial charge in [0, 0.05) is 5.39 Å². The minimum atomic E-state index is -0.578. The number of hydrogen-bond acceptors (Lipinski definition) is 3. The molecule has 2 aromatic rings. The van der Waals surface area contributed by atoms with Crippen molar-refractivity contribution in [3.05, 3.63) is 35.8 Å². The third-order valence-corrected chi connectivity index (χ3v) is 2.98. The van der Waals surface area contributed by atoms with Gasteiger partial charge in [0.1, 0.15) is 0 Å². The number of halogens is 1. The third-order valence-electron chi connectivity index (χ3n) is 2.98. The van der Waals surface area contributed by atoms with Gasteiger partial charge in [-0.25, -0.2) is 4.39 Å². The van der Waals surface area contributed by atoms with Crippen LogP contribution in [-0.2, 0) is 0 Å². The van der Waals surface area contributed by atoms with Crippen LogP contribution in [0.25, 0.3) is 11.0 Å². The van der Waals surface area contributed by atoms with Crippen LogP contribution in [0.1, 0.15) is 17.3 Å². The lowest BCUT2D eigenvalue weighted by Crippen LogP contribution is -2.33. The molecular weight excluding hydrogens is 221 g/mol. The maximum absolute atomic E-state index is 14.0. The molecule has 0 N–H and O–H groups in total. The van der Waals surface area contributed by atoms with Gasteiger partial charge in [-0.1, -0.05) is 6.07 Å². The number of furan rings is 1. The maximum atomic E-state index is 14.0. The molecule has 0 saturated carbocycles. The summed E-state index contributed by atoms with van der Waals surface area (Å²) in [7, 11) is 3.57. The Morgan fingerprint density at radius 3 is 2.71 bits per heavy atom. The molecule has 0 bridgehead atoms. The van der Waals surface area contributed by atoms with Gasteiger partial charge in [0.15, 0.2) is 17.2 Å². The molecule has 0 amide bonds. The zero-order valence-corrected chi connectivity index (χ0v) is 10.0. The fourth-order valence-corrected chi connectivity index (χ4v) is 1.65. The summed E-state index contributed by atoms with van der Waals surface area (Å²) in [5, 5.41) is 0.663. The molecule has 0 aliphatic heterocycles. The van der Waals surface area contributed by atoms with Crippen LogP contribution in [0, 0.1) is 5.82 Å². The number of hydrogen-bond donors (Lipinski definition) is 0. The molecule has 4 heteroatoms. The Morgan fingerprint density at radius 1 is 1.35 bits per heavy atom. The molecule has 0 fully saturated rings. The summed E-state index contributed by atoms with van der Waals surface area (Å²) in [6, 6.07) is 4.51. The average Bonchev–Trinajstić information content (AvgIpc) is 2.76. The van der Waals surface area contributed by atoms with Gasteiger partial charge in [-0.05, 0) is 33.2 Å². The van der Waals surface area contributed by atoms with E-state index in [9.17, 15) is 9.18 Å². The molecule has 1 aromatic heterocycles. The Kier molecular flexibility index (Phi) is 2.98. The van der Waals surface area contributed by atoms with Crippen LogP contribution in [0.5, 0.6) is 0 Å². The fraction of sp³-hybridized carbons (Fsp3) is 0.308. The van der Waals surface area contributed by atoms with Gasteiger partial charge >= 0.3 is 0 Å². The van der Waals surface area contributed by atoms with Crippen molar-refractivity contribution in [1.82, 2.24) is 4.90 Å². The van der Waals surface area contributed by atoms with Crippen molar-refractivity contribution in [1.29, 1.82) is 0 Å². The van der Waals surface area contributed by atoms with Crippen LogP contribution < -0.4 is 0 Å². The van der Waals surface area contributed by atoms with E-state index in [0.717, 1.165) is 0 Å². The first-order valence-electron chi connectivity index (χ1n) is 5.38. The van der Waals surface area contributed by atoms with Gasteiger partial charge in [-0.3, -0.25) is 9.69 Å². The Bertz CT molecular complexity index is 560. The van der Waals surface area contributed by atoms with E-state index in [0.29, 0.717) is 5.39 Å². The van der Waals surface area contributed by atoms with E-state index in [1.54, 1.807) is 38.1 Å². The molecule has 0 saturated heterocycles. The van der Waals surface area contributed by atoms with Crippen molar-refractivity contribution in [2.75, 3.05) is 14.1 Å². The number of fused-ring (bicyclic) bond motifs is 1. The molecule has 1 unspecified atom stereocenters. The monoisotopic (exact) mass is 235 g/mol. The molecule has 0 aliphatic carbocycles. The number of rotatable bonds is 3. The molecule has 1 aromatic carbocycles. The number of carbonyl (C=O) groups is 1. The predicted molar refractivity (Wildman–Crippen MR) is 63.7 cm³/mol. The highest BCUT2D eigenvalue weighted by molar-refractivity contribution is 6.02. The topological polar surface area (TPSA) is 33.5 Å². The van der Waals surface area contributed by atoms with E-state index in [-0.39, 0.29) is 23.0 Å². The largest absolute Gasteiger partial charge is 0.461 e. The highest BCUT2D eigenvalue weighted by atomic mass is 19.1. The van der Waals surface area contributed by atoms with E-state index in [1.165, 1.54) is 12.3 Å². The number of carbonyl (C=O) groups excluding carboxylic acids is 1. The Balaban J connectivity index is 2.48. The van der Waals surface area contributed by atoms with Gasteiger partial charge in [0.25, 0.3) is 0 Å². The van der Waals surface area contributed by atoms with E-state index in [2.05, 4.69) is 0 Å². The molecule has 90 valence electrons. The number of likely N-dealkylation sites (N-methyl/N-ethyl adjacent to an activating group) is 1. The highest BCUT2D eigenvalue weighted by Gasteiger charge is 2.22. The quantitative estimate of drug-likeness (QED) is 0.767. The minimum absolute atomic E-state index is 0.0775. The SMILES string of the molecule is CC(C(=O)c1ccc2ccoc2c1F)N(C)C. The lowest BCUT2D eigenvalue weighted by Gasteiger charge is -2.18. The van der Waals surface area contributed by atoms with Gasteiger partial charge in [0.05, 0.1) is 17.9 Å². The van der Waals surface area contributed by atoms with E-state index in [4.69, 9.17) is 4.42 Å². The second-order valence-corrected chi connectivity index (χ2v) is 4.27. The summed E-state index contributed by atoms with van der Waals surface area (Å²) >= 11 is 0. The van der Waals surface area contributed by atoms with Crippen LogP contribution in [0.2, 0.25) is 0 Å². The summed E-state index contributed by atoms with van der Waals surface area (Å²) in [6.45, 7) is 1.74. The molecule has 0 radical (unpaired) electrons. The normalized spacial score (nSPS) is 13.2. The van der Waals surface area contributed by atoms with Crippen LogP contribution in [-0.4, -0.2) is 30.8 Å². The van der Waals surface area contributed by atoms with Crippen LogP contribution in [0.4, 0.5) is 4.39 Å². The second-order valence-electron chi connectivity index (χ2n) is 4.27.